The molecule has 3 atom stereocenters. The van der Waals surface area contributed by atoms with Gasteiger partial charge >= 0.3 is 35.9 Å². The number of halogens is 1. The van der Waals surface area contributed by atoms with Crippen LogP contribution in [0.3, 0.4) is 0 Å². The van der Waals surface area contributed by atoms with Crippen LogP contribution in [0.4, 0.5) is 9.18 Å². The molecule has 1 heterocycles. The molecule has 2 aromatic rings. The van der Waals surface area contributed by atoms with Crippen LogP contribution in [0, 0.1) is 0 Å². The highest BCUT2D eigenvalue weighted by atomic mass is 19.1. The van der Waals surface area contributed by atoms with E-state index in [0.29, 0.717) is 5.69 Å². The maximum Gasteiger partial charge on any atom is 0.326 e. The maximum atomic E-state index is 13.1. The van der Waals surface area contributed by atoms with E-state index in [1.54, 1.807) is 0 Å². The Hall–Kier alpha value is -6.15. The third-order valence-electron chi connectivity index (χ3n) is 7.12. The monoisotopic (exact) mass is 723 g/mol. The third kappa shape index (κ3) is 14.5. The van der Waals surface area contributed by atoms with Gasteiger partial charge in [0.2, 0.25) is 0 Å². The highest BCUT2D eigenvalue weighted by Gasteiger charge is 2.26. The first kappa shape index (κ1) is 41.0. The summed E-state index contributed by atoms with van der Waals surface area (Å²) in [6.45, 7) is -0.599. The number of amides is 4. The first-order chi connectivity index (χ1) is 24.1. The number of hydrogen-bond acceptors (Lipinski definition) is 10. The number of carboxylic acid groups (broad SMARTS) is 5. The number of unbranched alkanes of at least 4 members (excludes halogenated alkanes) is 1. The Morgan fingerprint density at radius 2 is 1.22 bits per heavy atom. The zero-order chi connectivity index (χ0) is 38.1. The SMILES string of the molecule is O=C(O)CC[C@H](NC(=O)N[C@@H](CCCCNC(=O)c1cc(C(=O)N[C@@H](CCC(=O)O)C(=O)O)cc(-n2cc(CCCF)nn2)c1)C(=O)O)C(=O)O. The molecule has 0 aliphatic rings. The fourth-order valence-corrected chi connectivity index (χ4v) is 4.48. The van der Waals surface area contributed by atoms with Gasteiger partial charge < -0.3 is 46.8 Å². The second-order valence-corrected chi connectivity index (χ2v) is 11.1. The Morgan fingerprint density at radius 3 is 1.75 bits per heavy atom. The molecule has 0 spiro atoms. The van der Waals surface area contributed by atoms with Gasteiger partial charge in [0.1, 0.15) is 18.1 Å². The summed E-state index contributed by atoms with van der Waals surface area (Å²) in [4.78, 5) is 94.6. The van der Waals surface area contributed by atoms with Gasteiger partial charge in [0.05, 0.1) is 24.3 Å². The molecule has 278 valence electrons. The van der Waals surface area contributed by atoms with Gasteiger partial charge in [-0.05, 0) is 63.1 Å². The van der Waals surface area contributed by atoms with Crippen molar-refractivity contribution in [3.05, 3.63) is 41.2 Å². The second kappa shape index (κ2) is 20.4. The number of nitrogens with one attached hydrogen (secondary N) is 4. The van der Waals surface area contributed by atoms with Crippen LogP contribution in [0.25, 0.3) is 5.69 Å². The molecule has 2 rings (SSSR count). The number of carbonyl (C=O) groups excluding carboxylic acids is 3. The van der Waals surface area contributed by atoms with E-state index in [1.165, 1.54) is 23.0 Å². The van der Waals surface area contributed by atoms with Gasteiger partial charge in [-0.3, -0.25) is 23.6 Å². The van der Waals surface area contributed by atoms with Gasteiger partial charge in [-0.2, -0.15) is 0 Å². The average molecular weight is 724 g/mol. The molecule has 9 N–H and O–H groups in total. The molecule has 4 amide bonds. The quantitative estimate of drug-likeness (QED) is 0.0691. The van der Waals surface area contributed by atoms with Crippen molar-refractivity contribution in [2.75, 3.05) is 13.2 Å². The zero-order valence-electron chi connectivity index (χ0n) is 27.0. The van der Waals surface area contributed by atoms with Crippen LogP contribution >= 0.6 is 0 Å². The van der Waals surface area contributed by atoms with Crippen LogP contribution in [-0.2, 0) is 30.4 Å². The molecule has 21 heteroatoms. The van der Waals surface area contributed by atoms with Gasteiger partial charge in [0, 0.05) is 30.5 Å². The normalized spacial score (nSPS) is 12.5. The van der Waals surface area contributed by atoms with Gasteiger partial charge in [0.25, 0.3) is 11.8 Å². The molecule has 0 bridgehead atoms. The van der Waals surface area contributed by atoms with E-state index >= 15 is 0 Å². The lowest BCUT2D eigenvalue weighted by Gasteiger charge is -2.18. The predicted molar refractivity (Wildman–Crippen MR) is 169 cm³/mol. The Bertz CT molecular complexity index is 1600. The Balaban J connectivity index is 2.12. The number of carboxylic acids is 5. The molecule has 1 aromatic carbocycles. The molecule has 1 aromatic heterocycles. The summed E-state index contributed by atoms with van der Waals surface area (Å²) in [5.41, 5.74) is 0.320. The first-order valence-corrected chi connectivity index (χ1v) is 15.5. The van der Waals surface area contributed by atoms with Crippen molar-refractivity contribution < 1.29 is 68.3 Å². The molecular weight excluding hydrogens is 685 g/mol. The van der Waals surface area contributed by atoms with Crippen LogP contribution in [-0.4, -0.2) is 120 Å². The number of hydrogen-bond donors (Lipinski definition) is 9. The standard InChI is InChI=1S/C30H38FN7O13/c31-10-3-4-18-15-38(37-36-18)19-13-16(12-17(14-19)26(44)33-21(28(47)48)6-8-23(39)40)25(43)32-11-2-1-5-20(27(45)46)34-30(51)35-22(29(49)50)7-9-24(41)42/h12-15,20-22H,1-11H2,(H,32,43)(H,33,44)(H,39,40)(H,41,42)(H,45,46)(H,47,48)(H,49,50)(H2,34,35,51)/t20-,21-,22-/m0/s1. The molecule has 0 radical (unpaired) electrons. The van der Waals surface area contributed by atoms with Crippen molar-refractivity contribution in [3.63, 3.8) is 0 Å². The van der Waals surface area contributed by atoms with Crippen LogP contribution in [0.5, 0.6) is 0 Å². The first-order valence-electron chi connectivity index (χ1n) is 15.5. The Labute approximate surface area is 288 Å². The van der Waals surface area contributed by atoms with Crippen LogP contribution in [0.1, 0.15) is 77.8 Å². The summed E-state index contributed by atoms with van der Waals surface area (Å²) in [5.74, 6) is -8.60. The number of aromatic nitrogens is 3. The topological polar surface area (TPSA) is 317 Å². The van der Waals surface area contributed by atoms with E-state index in [-0.39, 0.29) is 55.5 Å². The number of benzene rings is 1. The maximum absolute atomic E-state index is 13.1. The van der Waals surface area contributed by atoms with Crippen molar-refractivity contribution in [3.8, 4) is 5.69 Å². The molecule has 0 fully saturated rings. The number of rotatable bonds is 23. The number of nitrogens with zero attached hydrogens (tertiary/aromatic N) is 3. The fraction of sp³-hybridized carbons (Fsp3) is 0.467. The smallest absolute Gasteiger partial charge is 0.326 e. The van der Waals surface area contributed by atoms with E-state index in [4.69, 9.17) is 10.2 Å². The van der Waals surface area contributed by atoms with Gasteiger partial charge in [-0.25, -0.2) is 23.9 Å². The molecule has 0 unspecified atom stereocenters. The summed E-state index contributed by atoms with van der Waals surface area (Å²) in [5, 5.41) is 62.6. The molecule has 0 aliphatic carbocycles. The summed E-state index contributed by atoms with van der Waals surface area (Å²) >= 11 is 0. The van der Waals surface area contributed by atoms with Gasteiger partial charge in [-0.15, -0.1) is 5.10 Å². The van der Waals surface area contributed by atoms with Crippen molar-refractivity contribution in [1.29, 1.82) is 0 Å². The Kier molecular flexibility index (Phi) is 16.4. The minimum absolute atomic E-state index is 0.00756. The minimum atomic E-state index is -1.57. The lowest BCUT2D eigenvalue weighted by atomic mass is 10.1. The van der Waals surface area contributed by atoms with Crippen LogP contribution in [0.15, 0.2) is 24.4 Å². The van der Waals surface area contributed by atoms with Crippen molar-refractivity contribution >= 4 is 47.7 Å². The number of aliphatic carboxylic acids is 5. The molecule has 0 saturated heterocycles. The summed E-state index contributed by atoms with van der Waals surface area (Å²) in [6, 6.07) is -1.91. The van der Waals surface area contributed by atoms with E-state index in [1.807, 2.05) is 5.32 Å². The van der Waals surface area contributed by atoms with E-state index in [0.717, 1.165) is 6.07 Å². The number of aryl methyl sites for hydroxylation is 1. The lowest BCUT2D eigenvalue weighted by molar-refractivity contribution is -0.142. The van der Waals surface area contributed by atoms with Gasteiger partial charge in [-0.1, -0.05) is 5.21 Å². The number of alkyl halides is 1. The van der Waals surface area contributed by atoms with Crippen LogP contribution < -0.4 is 21.3 Å². The number of carbonyl (C=O) groups is 8. The van der Waals surface area contributed by atoms with E-state index in [9.17, 15) is 58.1 Å². The molecule has 0 saturated carbocycles. The van der Waals surface area contributed by atoms with Crippen molar-refractivity contribution in [2.24, 2.45) is 0 Å². The zero-order valence-corrected chi connectivity index (χ0v) is 27.0. The fourth-order valence-electron chi connectivity index (χ4n) is 4.48. The molecule has 20 nitrogen and oxygen atoms in total. The second-order valence-electron chi connectivity index (χ2n) is 11.1. The predicted octanol–water partition coefficient (Wildman–Crippen LogP) is 0.188. The lowest BCUT2D eigenvalue weighted by Crippen LogP contribution is -2.51. The molecule has 0 aliphatic heterocycles. The highest BCUT2D eigenvalue weighted by Crippen LogP contribution is 2.16. The summed E-state index contributed by atoms with van der Waals surface area (Å²) in [7, 11) is 0. The van der Waals surface area contributed by atoms with Crippen LogP contribution in [0.2, 0.25) is 0 Å². The van der Waals surface area contributed by atoms with E-state index < -0.39 is 98.2 Å². The summed E-state index contributed by atoms with van der Waals surface area (Å²) in [6.07, 6.45) is 0.178. The van der Waals surface area contributed by atoms with Gasteiger partial charge in [0.15, 0.2) is 0 Å². The minimum Gasteiger partial charge on any atom is -0.481 e. The van der Waals surface area contributed by atoms with Crippen molar-refractivity contribution in [1.82, 2.24) is 36.3 Å². The Morgan fingerprint density at radius 1 is 0.686 bits per heavy atom. The van der Waals surface area contributed by atoms with Crippen molar-refractivity contribution in [2.45, 2.75) is 75.9 Å². The largest absolute Gasteiger partial charge is 0.481 e. The average Bonchev–Trinajstić information content (AvgIpc) is 3.55. The molecular formula is C30H38FN7O13. The highest BCUT2D eigenvalue weighted by molar-refractivity contribution is 6.01. The number of urea groups is 1. The summed E-state index contributed by atoms with van der Waals surface area (Å²) < 4.78 is 13.9. The third-order valence-corrected chi connectivity index (χ3v) is 7.12. The molecule has 51 heavy (non-hydrogen) atoms. The van der Waals surface area contributed by atoms with E-state index in [2.05, 4.69) is 26.3 Å².